The smallest absolute Gasteiger partial charge is 0.223 e. The molecule has 0 saturated carbocycles. The molecule has 5 nitrogen and oxygen atoms in total. The number of aromatic amines is 1. The summed E-state index contributed by atoms with van der Waals surface area (Å²) in [6.07, 6.45) is 1.59. The van der Waals surface area contributed by atoms with E-state index >= 15 is 0 Å². The number of carbonyl (C=O) groups excluding carboxylic acids is 2. The summed E-state index contributed by atoms with van der Waals surface area (Å²) in [6, 6.07) is 7.61. The number of anilines is 1. The molecule has 0 unspecified atom stereocenters. The van der Waals surface area contributed by atoms with Gasteiger partial charge in [-0.2, -0.15) is 5.10 Å². The Morgan fingerprint density at radius 3 is 2.95 bits per heavy atom. The van der Waals surface area contributed by atoms with Crippen LogP contribution < -0.4 is 4.90 Å². The van der Waals surface area contributed by atoms with Crippen LogP contribution in [0.25, 0.3) is 11.3 Å². The van der Waals surface area contributed by atoms with Gasteiger partial charge in [0.25, 0.3) is 0 Å². The second kappa shape index (κ2) is 4.35. The van der Waals surface area contributed by atoms with Gasteiger partial charge in [-0.25, -0.2) is 0 Å². The third-order valence-corrected chi connectivity index (χ3v) is 3.38. The highest BCUT2D eigenvalue weighted by Gasteiger charge is 2.22. The molecule has 19 heavy (non-hydrogen) atoms. The zero-order chi connectivity index (χ0) is 13.4. The van der Waals surface area contributed by atoms with Crippen molar-refractivity contribution in [2.45, 2.75) is 13.3 Å². The van der Waals surface area contributed by atoms with Crippen LogP contribution in [0.15, 0.2) is 24.3 Å². The molecular weight excluding hydrogens is 242 g/mol. The van der Waals surface area contributed by atoms with E-state index < -0.39 is 0 Å². The largest absolute Gasteiger partial charge is 0.312 e. The second-order valence-electron chi connectivity index (χ2n) is 4.59. The lowest BCUT2D eigenvalue weighted by Gasteiger charge is -2.14. The predicted octanol–water partition coefficient (Wildman–Crippen LogP) is 1.80. The summed E-state index contributed by atoms with van der Waals surface area (Å²) >= 11 is 0. The highest BCUT2D eigenvalue weighted by molar-refractivity contribution is 5.94. The van der Waals surface area contributed by atoms with E-state index in [2.05, 4.69) is 10.2 Å². The molecule has 1 N–H and O–H groups in total. The number of benzene rings is 1. The van der Waals surface area contributed by atoms with Crippen LogP contribution in [0.1, 0.15) is 23.0 Å². The number of H-pyrrole nitrogens is 1. The summed E-state index contributed by atoms with van der Waals surface area (Å²) in [5.74, 6) is 0.0644. The van der Waals surface area contributed by atoms with E-state index in [1.807, 2.05) is 18.2 Å². The molecule has 5 heteroatoms. The van der Waals surface area contributed by atoms with Crippen LogP contribution in [0.4, 0.5) is 5.69 Å². The second-order valence-corrected chi connectivity index (χ2v) is 4.59. The molecule has 1 amide bonds. The average molecular weight is 255 g/mol. The number of fused-ring (bicyclic) bond motifs is 1. The average Bonchev–Trinajstić information content (AvgIpc) is 3.04. The number of amides is 1. The predicted molar refractivity (Wildman–Crippen MR) is 71.1 cm³/mol. The minimum absolute atomic E-state index is 0.0644. The Hall–Kier alpha value is -2.43. The summed E-state index contributed by atoms with van der Waals surface area (Å²) in [4.78, 5) is 23.9. The van der Waals surface area contributed by atoms with Crippen LogP contribution in [0, 0.1) is 0 Å². The summed E-state index contributed by atoms with van der Waals surface area (Å²) in [5.41, 5.74) is 4.27. The fourth-order valence-corrected chi connectivity index (χ4v) is 2.43. The van der Waals surface area contributed by atoms with Crippen molar-refractivity contribution in [3.8, 4) is 11.3 Å². The van der Waals surface area contributed by atoms with Crippen molar-refractivity contribution in [3.05, 3.63) is 35.5 Å². The van der Waals surface area contributed by atoms with E-state index in [0.29, 0.717) is 5.69 Å². The SMILES string of the molecule is CC(=O)N1CCc2cc(-c3cc(C=O)[nH]n3)ccc21. The molecule has 1 aromatic carbocycles. The molecule has 0 fully saturated rings. The van der Waals surface area contributed by atoms with Gasteiger partial charge in [-0.3, -0.25) is 14.7 Å². The standard InChI is InChI=1S/C14H13N3O2/c1-9(19)17-5-4-11-6-10(2-3-14(11)17)13-7-12(8-18)15-16-13/h2-3,6-8H,4-5H2,1H3,(H,15,16). The zero-order valence-electron chi connectivity index (χ0n) is 10.5. The summed E-state index contributed by atoms with van der Waals surface area (Å²) < 4.78 is 0. The molecule has 2 aromatic rings. The fourth-order valence-electron chi connectivity index (χ4n) is 2.43. The maximum atomic E-state index is 11.5. The number of nitrogens with zero attached hydrogens (tertiary/aromatic N) is 2. The van der Waals surface area contributed by atoms with Gasteiger partial charge in [0, 0.05) is 24.7 Å². The van der Waals surface area contributed by atoms with Crippen molar-refractivity contribution >= 4 is 17.9 Å². The van der Waals surface area contributed by atoms with Gasteiger partial charge in [-0.15, -0.1) is 0 Å². The van der Waals surface area contributed by atoms with E-state index in [1.54, 1.807) is 17.9 Å². The monoisotopic (exact) mass is 255 g/mol. The molecule has 1 aliphatic heterocycles. The number of hydrogen-bond acceptors (Lipinski definition) is 3. The van der Waals surface area contributed by atoms with Gasteiger partial charge < -0.3 is 4.90 Å². The molecular formula is C14H13N3O2. The van der Waals surface area contributed by atoms with Gasteiger partial charge in [-0.1, -0.05) is 6.07 Å². The lowest BCUT2D eigenvalue weighted by atomic mass is 10.1. The van der Waals surface area contributed by atoms with E-state index in [1.165, 1.54) is 0 Å². The molecule has 0 radical (unpaired) electrons. The Bertz CT molecular complexity index is 660. The van der Waals surface area contributed by atoms with Gasteiger partial charge in [0.05, 0.1) is 11.4 Å². The van der Waals surface area contributed by atoms with Crippen LogP contribution in [0.3, 0.4) is 0 Å². The first kappa shape index (κ1) is 11.6. The minimum Gasteiger partial charge on any atom is -0.312 e. The molecule has 3 rings (SSSR count). The number of nitrogens with one attached hydrogen (secondary N) is 1. The molecule has 2 heterocycles. The van der Waals surface area contributed by atoms with Crippen molar-refractivity contribution in [3.63, 3.8) is 0 Å². The molecule has 0 aliphatic carbocycles. The van der Waals surface area contributed by atoms with Crippen molar-refractivity contribution in [1.82, 2.24) is 10.2 Å². The van der Waals surface area contributed by atoms with E-state index in [0.717, 1.165) is 41.8 Å². The topological polar surface area (TPSA) is 66.1 Å². The number of carbonyl (C=O) groups is 2. The first-order chi connectivity index (χ1) is 9.19. The number of rotatable bonds is 2. The lowest BCUT2D eigenvalue weighted by Crippen LogP contribution is -2.25. The van der Waals surface area contributed by atoms with Crippen molar-refractivity contribution < 1.29 is 9.59 Å². The number of aldehydes is 1. The van der Waals surface area contributed by atoms with E-state index in [-0.39, 0.29) is 5.91 Å². The first-order valence-electron chi connectivity index (χ1n) is 6.11. The quantitative estimate of drug-likeness (QED) is 0.832. The Morgan fingerprint density at radius 2 is 2.26 bits per heavy atom. The molecule has 0 spiro atoms. The number of aromatic nitrogens is 2. The van der Waals surface area contributed by atoms with Gasteiger partial charge in [-0.05, 0) is 30.2 Å². The molecule has 0 saturated heterocycles. The van der Waals surface area contributed by atoms with Gasteiger partial charge in [0.1, 0.15) is 0 Å². The van der Waals surface area contributed by atoms with Crippen LogP contribution in [0.5, 0.6) is 0 Å². The highest BCUT2D eigenvalue weighted by atomic mass is 16.2. The molecule has 0 atom stereocenters. The van der Waals surface area contributed by atoms with Crippen molar-refractivity contribution in [2.75, 3.05) is 11.4 Å². The molecule has 1 aromatic heterocycles. The normalized spacial score (nSPS) is 13.4. The van der Waals surface area contributed by atoms with E-state index in [9.17, 15) is 9.59 Å². The fraction of sp³-hybridized carbons (Fsp3) is 0.214. The summed E-state index contributed by atoms with van der Waals surface area (Å²) in [6.45, 7) is 2.31. The Kier molecular flexibility index (Phi) is 2.67. The minimum atomic E-state index is 0.0644. The van der Waals surface area contributed by atoms with Crippen LogP contribution in [0.2, 0.25) is 0 Å². The van der Waals surface area contributed by atoms with E-state index in [4.69, 9.17) is 0 Å². The highest BCUT2D eigenvalue weighted by Crippen LogP contribution is 2.31. The maximum Gasteiger partial charge on any atom is 0.223 e. The molecule has 0 bridgehead atoms. The third-order valence-electron chi connectivity index (χ3n) is 3.38. The Balaban J connectivity index is 1.99. The van der Waals surface area contributed by atoms with Crippen LogP contribution in [-0.2, 0) is 11.2 Å². The van der Waals surface area contributed by atoms with Crippen LogP contribution >= 0.6 is 0 Å². The summed E-state index contributed by atoms with van der Waals surface area (Å²) in [7, 11) is 0. The lowest BCUT2D eigenvalue weighted by molar-refractivity contribution is -0.116. The number of hydrogen-bond donors (Lipinski definition) is 1. The van der Waals surface area contributed by atoms with Gasteiger partial charge >= 0.3 is 0 Å². The third kappa shape index (κ3) is 1.93. The Labute approximate surface area is 110 Å². The first-order valence-corrected chi connectivity index (χ1v) is 6.11. The van der Waals surface area contributed by atoms with Gasteiger partial charge in [0.2, 0.25) is 5.91 Å². The molecule has 1 aliphatic rings. The van der Waals surface area contributed by atoms with Crippen LogP contribution in [-0.4, -0.2) is 28.9 Å². The van der Waals surface area contributed by atoms with Crippen molar-refractivity contribution in [1.29, 1.82) is 0 Å². The summed E-state index contributed by atoms with van der Waals surface area (Å²) in [5, 5.41) is 6.77. The zero-order valence-corrected chi connectivity index (χ0v) is 10.5. The van der Waals surface area contributed by atoms with Gasteiger partial charge in [0.15, 0.2) is 6.29 Å². The Morgan fingerprint density at radius 1 is 1.42 bits per heavy atom. The molecule has 96 valence electrons. The maximum absolute atomic E-state index is 11.5. The van der Waals surface area contributed by atoms with Crippen molar-refractivity contribution in [2.24, 2.45) is 0 Å².